The van der Waals surface area contributed by atoms with Crippen molar-refractivity contribution in [2.24, 2.45) is 0 Å². The normalized spacial score (nSPS) is 14.3. The second kappa shape index (κ2) is 8.97. The van der Waals surface area contributed by atoms with E-state index < -0.39 is 0 Å². The van der Waals surface area contributed by atoms with Crippen LogP contribution in [0.25, 0.3) is 40.3 Å². The van der Waals surface area contributed by atoms with Gasteiger partial charge in [0, 0.05) is 57.4 Å². The van der Waals surface area contributed by atoms with Crippen LogP contribution in [-0.4, -0.2) is 0 Å². The molecule has 0 saturated heterocycles. The number of hydrogen-bond donors (Lipinski definition) is 0. The molecule has 7 aromatic rings. The molecule has 1 saturated carbocycles. The van der Waals surface area contributed by atoms with Crippen molar-refractivity contribution >= 4 is 80.1 Å². The molecule has 1 nitrogen and oxygen atoms in total. The molecular weight excluding hydrogens is 499 g/mol. The molecule has 184 valence electrons. The van der Waals surface area contributed by atoms with E-state index >= 15 is 0 Å². The van der Waals surface area contributed by atoms with Gasteiger partial charge in [-0.2, -0.15) is 0 Å². The van der Waals surface area contributed by atoms with Crippen molar-refractivity contribution in [1.82, 2.24) is 0 Å². The molecule has 38 heavy (non-hydrogen) atoms. The van der Waals surface area contributed by atoms with Gasteiger partial charge in [0.25, 0.3) is 0 Å². The number of hydrogen-bond acceptors (Lipinski definition) is 3. The molecule has 1 aliphatic carbocycles. The third-order valence-electron chi connectivity index (χ3n) is 8.21. The standard InChI is InChI=1S/C35H27NS2/c1-2-8-23(7-1)24-13-15-25(16-14-24)36(26-17-19-34-30(21-26)28-9-3-5-11-32(28)37-34)27-18-20-35-31(22-27)29-10-4-6-12-33(29)38-35/h3-6,9-23H,1-2,7-8H2. The number of rotatable bonds is 4. The van der Waals surface area contributed by atoms with E-state index in [1.807, 2.05) is 22.7 Å². The minimum absolute atomic E-state index is 0.722. The number of thiophene rings is 2. The second-order valence-electron chi connectivity index (χ2n) is 10.5. The van der Waals surface area contributed by atoms with Gasteiger partial charge < -0.3 is 4.90 Å². The fourth-order valence-corrected chi connectivity index (χ4v) is 8.48. The largest absolute Gasteiger partial charge is 0.310 e. The summed E-state index contributed by atoms with van der Waals surface area (Å²) in [6.07, 6.45) is 5.38. The Morgan fingerprint density at radius 1 is 0.474 bits per heavy atom. The Morgan fingerprint density at radius 2 is 0.947 bits per heavy atom. The average Bonchev–Trinajstić information content (AvgIpc) is 3.71. The lowest BCUT2D eigenvalue weighted by Crippen LogP contribution is -2.10. The smallest absolute Gasteiger partial charge is 0.0468 e. The van der Waals surface area contributed by atoms with E-state index in [9.17, 15) is 0 Å². The van der Waals surface area contributed by atoms with Crippen molar-refractivity contribution in [2.75, 3.05) is 4.90 Å². The van der Waals surface area contributed by atoms with E-state index in [0.717, 1.165) is 5.92 Å². The molecule has 1 fully saturated rings. The van der Waals surface area contributed by atoms with Gasteiger partial charge in [0.2, 0.25) is 0 Å². The van der Waals surface area contributed by atoms with Gasteiger partial charge in [0.15, 0.2) is 0 Å². The van der Waals surface area contributed by atoms with E-state index in [2.05, 4.69) is 114 Å². The first-order valence-electron chi connectivity index (χ1n) is 13.5. The third-order valence-corrected chi connectivity index (χ3v) is 10.5. The van der Waals surface area contributed by atoms with Gasteiger partial charge in [-0.25, -0.2) is 0 Å². The topological polar surface area (TPSA) is 3.24 Å². The van der Waals surface area contributed by atoms with Crippen LogP contribution < -0.4 is 4.90 Å². The molecule has 0 spiro atoms. The van der Waals surface area contributed by atoms with Gasteiger partial charge in [-0.15, -0.1) is 22.7 Å². The molecule has 3 heteroatoms. The minimum Gasteiger partial charge on any atom is -0.310 e. The Bertz CT molecular complexity index is 1820. The van der Waals surface area contributed by atoms with Gasteiger partial charge >= 0.3 is 0 Å². The van der Waals surface area contributed by atoms with Crippen molar-refractivity contribution in [3.63, 3.8) is 0 Å². The third kappa shape index (κ3) is 3.65. The molecule has 0 unspecified atom stereocenters. The number of fused-ring (bicyclic) bond motifs is 6. The molecule has 5 aromatic carbocycles. The molecule has 1 aliphatic rings. The summed E-state index contributed by atoms with van der Waals surface area (Å²) in [5.41, 5.74) is 5.11. The fraction of sp³-hybridized carbons (Fsp3) is 0.143. The number of benzene rings is 5. The van der Waals surface area contributed by atoms with Gasteiger partial charge in [0.1, 0.15) is 0 Å². The number of anilines is 3. The van der Waals surface area contributed by atoms with Crippen molar-refractivity contribution < 1.29 is 0 Å². The molecule has 0 N–H and O–H groups in total. The van der Waals surface area contributed by atoms with E-state index in [4.69, 9.17) is 0 Å². The van der Waals surface area contributed by atoms with Crippen molar-refractivity contribution in [2.45, 2.75) is 31.6 Å². The summed E-state index contributed by atoms with van der Waals surface area (Å²) in [5.74, 6) is 0.722. The molecule has 0 aliphatic heterocycles. The lowest BCUT2D eigenvalue weighted by Gasteiger charge is -2.26. The van der Waals surface area contributed by atoms with Crippen LogP contribution in [0, 0.1) is 0 Å². The summed E-state index contributed by atoms with van der Waals surface area (Å²) in [6.45, 7) is 0. The van der Waals surface area contributed by atoms with E-state index in [0.29, 0.717) is 0 Å². The van der Waals surface area contributed by atoms with Crippen LogP contribution in [0.3, 0.4) is 0 Å². The molecule has 0 amide bonds. The molecule has 0 radical (unpaired) electrons. The molecule has 2 heterocycles. The van der Waals surface area contributed by atoms with Crippen LogP contribution >= 0.6 is 22.7 Å². The fourth-order valence-electron chi connectivity index (χ4n) is 6.31. The van der Waals surface area contributed by atoms with Crippen molar-refractivity contribution in [3.05, 3.63) is 115 Å². The first-order valence-corrected chi connectivity index (χ1v) is 15.2. The van der Waals surface area contributed by atoms with Crippen LogP contribution in [-0.2, 0) is 0 Å². The summed E-state index contributed by atoms with van der Waals surface area (Å²) in [5, 5.41) is 5.34. The minimum atomic E-state index is 0.722. The van der Waals surface area contributed by atoms with Crippen molar-refractivity contribution in [3.8, 4) is 0 Å². The highest BCUT2D eigenvalue weighted by Gasteiger charge is 2.19. The van der Waals surface area contributed by atoms with Crippen LogP contribution in [0.2, 0.25) is 0 Å². The summed E-state index contributed by atoms with van der Waals surface area (Å²) in [4.78, 5) is 2.44. The summed E-state index contributed by atoms with van der Waals surface area (Å²) in [7, 11) is 0. The lowest BCUT2D eigenvalue weighted by molar-refractivity contribution is 0.723. The predicted octanol–water partition coefficient (Wildman–Crippen LogP) is 11.5. The highest BCUT2D eigenvalue weighted by Crippen LogP contribution is 2.43. The maximum Gasteiger partial charge on any atom is 0.0468 e. The summed E-state index contributed by atoms with van der Waals surface area (Å²) in [6, 6.07) is 40.9. The van der Waals surface area contributed by atoms with Gasteiger partial charge in [0.05, 0.1) is 0 Å². The lowest BCUT2D eigenvalue weighted by atomic mass is 9.97. The van der Waals surface area contributed by atoms with Gasteiger partial charge in [-0.1, -0.05) is 61.4 Å². The van der Waals surface area contributed by atoms with Crippen molar-refractivity contribution in [1.29, 1.82) is 0 Å². The van der Waals surface area contributed by atoms with Crippen LogP contribution in [0.4, 0.5) is 17.1 Å². The summed E-state index contributed by atoms with van der Waals surface area (Å²) >= 11 is 3.75. The molecule has 0 bridgehead atoms. The maximum atomic E-state index is 2.44. The molecule has 2 aromatic heterocycles. The Morgan fingerprint density at radius 3 is 1.50 bits per heavy atom. The monoisotopic (exact) mass is 525 g/mol. The Hall–Kier alpha value is -3.66. The van der Waals surface area contributed by atoms with E-state index in [1.54, 1.807) is 0 Å². The van der Waals surface area contributed by atoms with Crippen LogP contribution in [0.15, 0.2) is 109 Å². The quantitative estimate of drug-likeness (QED) is 0.221. The van der Waals surface area contributed by atoms with E-state index in [-0.39, 0.29) is 0 Å². The zero-order chi connectivity index (χ0) is 25.1. The zero-order valence-electron chi connectivity index (χ0n) is 21.1. The van der Waals surface area contributed by atoms with Gasteiger partial charge in [-0.3, -0.25) is 0 Å². The van der Waals surface area contributed by atoms with Gasteiger partial charge in [-0.05, 0) is 85.0 Å². The first-order chi connectivity index (χ1) is 18.8. The average molecular weight is 526 g/mol. The molecule has 8 rings (SSSR count). The van der Waals surface area contributed by atoms with E-state index in [1.165, 1.54) is 88.7 Å². The highest BCUT2D eigenvalue weighted by atomic mass is 32.1. The second-order valence-corrected chi connectivity index (χ2v) is 12.6. The highest BCUT2D eigenvalue weighted by molar-refractivity contribution is 7.26. The zero-order valence-corrected chi connectivity index (χ0v) is 22.7. The van der Waals surface area contributed by atoms with Crippen LogP contribution in [0.1, 0.15) is 37.2 Å². The Balaban J connectivity index is 1.32. The first kappa shape index (κ1) is 22.3. The molecule has 0 atom stereocenters. The SMILES string of the molecule is c1ccc2c(c1)sc1ccc(N(c3ccc(C4CCCC4)cc3)c3ccc4sc5ccccc5c4c3)cc12. The summed E-state index contributed by atoms with van der Waals surface area (Å²) < 4.78 is 5.37. The Labute approximate surface area is 230 Å². The predicted molar refractivity (Wildman–Crippen MR) is 168 cm³/mol. The maximum absolute atomic E-state index is 2.44. The van der Waals surface area contributed by atoms with Crippen LogP contribution in [0.5, 0.6) is 0 Å². The molecular formula is C35H27NS2. The Kier molecular flexibility index (Phi) is 5.27. The number of nitrogens with zero attached hydrogens (tertiary/aromatic N) is 1.